The van der Waals surface area contributed by atoms with Crippen LogP contribution < -0.4 is 10.2 Å². The summed E-state index contributed by atoms with van der Waals surface area (Å²) in [5, 5.41) is 2.65. The van der Waals surface area contributed by atoms with Gasteiger partial charge in [-0.15, -0.1) is 0 Å². The molecule has 1 aliphatic rings. The summed E-state index contributed by atoms with van der Waals surface area (Å²) in [4.78, 5) is 25.4. The second-order valence-corrected chi connectivity index (χ2v) is 5.43. The zero-order chi connectivity index (χ0) is 16.2. The third-order valence-electron chi connectivity index (χ3n) is 3.89. The average Bonchev–Trinajstić information content (AvgIpc) is 2.58. The SMILES string of the molecule is COC(=O)Nc1ccc2c(c1)CCC(=O)N2Cc1ccccc1. The Morgan fingerprint density at radius 3 is 2.70 bits per heavy atom. The zero-order valence-corrected chi connectivity index (χ0v) is 12.9. The zero-order valence-electron chi connectivity index (χ0n) is 12.9. The maximum atomic E-state index is 12.3. The maximum Gasteiger partial charge on any atom is 0.411 e. The van der Waals surface area contributed by atoms with E-state index >= 15 is 0 Å². The van der Waals surface area contributed by atoms with Crippen LogP contribution in [0.4, 0.5) is 16.2 Å². The normalized spacial score (nSPS) is 13.4. The van der Waals surface area contributed by atoms with Crippen molar-refractivity contribution in [2.75, 3.05) is 17.3 Å². The second-order valence-electron chi connectivity index (χ2n) is 5.43. The molecule has 118 valence electrons. The van der Waals surface area contributed by atoms with Crippen LogP contribution in [0.15, 0.2) is 48.5 Å². The number of carbonyl (C=O) groups is 2. The first-order valence-corrected chi connectivity index (χ1v) is 7.49. The largest absolute Gasteiger partial charge is 0.453 e. The minimum atomic E-state index is -0.502. The Morgan fingerprint density at radius 2 is 1.96 bits per heavy atom. The van der Waals surface area contributed by atoms with Crippen molar-refractivity contribution in [2.45, 2.75) is 19.4 Å². The molecular formula is C18H18N2O3. The number of fused-ring (bicyclic) bond motifs is 1. The van der Waals surface area contributed by atoms with Crippen molar-refractivity contribution in [3.63, 3.8) is 0 Å². The Hall–Kier alpha value is -2.82. The fraction of sp³-hybridized carbons (Fsp3) is 0.222. The van der Waals surface area contributed by atoms with Gasteiger partial charge in [-0.3, -0.25) is 10.1 Å². The van der Waals surface area contributed by atoms with Gasteiger partial charge in [0.15, 0.2) is 0 Å². The highest BCUT2D eigenvalue weighted by Gasteiger charge is 2.24. The molecule has 1 N–H and O–H groups in total. The highest BCUT2D eigenvalue weighted by molar-refractivity contribution is 5.97. The standard InChI is InChI=1S/C18H18N2O3/c1-23-18(22)19-15-8-9-16-14(11-15)7-10-17(21)20(16)12-13-5-3-2-4-6-13/h2-6,8-9,11H,7,10,12H2,1H3,(H,19,22). The van der Waals surface area contributed by atoms with Crippen molar-refractivity contribution >= 4 is 23.4 Å². The molecule has 23 heavy (non-hydrogen) atoms. The minimum absolute atomic E-state index is 0.120. The van der Waals surface area contributed by atoms with E-state index in [0.717, 1.165) is 16.8 Å². The Bertz CT molecular complexity index is 728. The Kier molecular flexibility index (Phi) is 4.28. The average molecular weight is 310 g/mol. The molecule has 0 unspecified atom stereocenters. The number of nitrogens with zero attached hydrogens (tertiary/aromatic N) is 1. The van der Waals surface area contributed by atoms with Gasteiger partial charge in [-0.2, -0.15) is 0 Å². The fourth-order valence-corrected chi connectivity index (χ4v) is 2.75. The highest BCUT2D eigenvalue weighted by Crippen LogP contribution is 2.31. The first-order valence-electron chi connectivity index (χ1n) is 7.49. The molecule has 3 rings (SSSR count). The van der Waals surface area contributed by atoms with Crippen LogP contribution >= 0.6 is 0 Å². The fourth-order valence-electron chi connectivity index (χ4n) is 2.75. The molecule has 0 saturated carbocycles. The molecule has 0 bridgehead atoms. The van der Waals surface area contributed by atoms with Gasteiger partial charge in [0.1, 0.15) is 0 Å². The highest BCUT2D eigenvalue weighted by atomic mass is 16.5. The van der Waals surface area contributed by atoms with Crippen molar-refractivity contribution in [1.29, 1.82) is 0 Å². The third kappa shape index (κ3) is 3.34. The molecule has 0 aromatic heterocycles. The van der Waals surface area contributed by atoms with E-state index in [1.165, 1.54) is 7.11 Å². The molecule has 0 saturated heterocycles. The van der Waals surface area contributed by atoms with Gasteiger partial charge in [0.2, 0.25) is 5.91 Å². The van der Waals surface area contributed by atoms with Crippen molar-refractivity contribution in [3.05, 3.63) is 59.7 Å². The van der Waals surface area contributed by atoms with Crippen molar-refractivity contribution in [1.82, 2.24) is 0 Å². The Balaban J connectivity index is 1.86. The minimum Gasteiger partial charge on any atom is -0.453 e. The smallest absolute Gasteiger partial charge is 0.411 e. The maximum absolute atomic E-state index is 12.3. The number of hydrogen-bond acceptors (Lipinski definition) is 3. The van der Waals surface area contributed by atoms with E-state index in [0.29, 0.717) is 25.1 Å². The van der Waals surface area contributed by atoms with Crippen LogP contribution in [0.25, 0.3) is 0 Å². The summed E-state index contributed by atoms with van der Waals surface area (Å²) in [5.41, 5.74) is 3.71. The van der Waals surface area contributed by atoms with Gasteiger partial charge in [-0.05, 0) is 35.7 Å². The molecule has 5 heteroatoms. The van der Waals surface area contributed by atoms with Gasteiger partial charge in [-0.25, -0.2) is 4.79 Å². The number of amides is 2. The second kappa shape index (κ2) is 6.52. The molecule has 0 fully saturated rings. The van der Waals surface area contributed by atoms with E-state index in [2.05, 4.69) is 10.1 Å². The lowest BCUT2D eigenvalue weighted by molar-refractivity contribution is -0.119. The van der Waals surface area contributed by atoms with Gasteiger partial charge in [-0.1, -0.05) is 30.3 Å². The predicted molar refractivity (Wildman–Crippen MR) is 88.4 cm³/mol. The number of nitrogens with one attached hydrogen (secondary N) is 1. The van der Waals surface area contributed by atoms with E-state index < -0.39 is 6.09 Å². The van der Waals surface area contributed by atoms with Crippen molar-refractivity contribution in [2.24, 2.45) is 0 Å². The molecule has 2 aromatic rings. The van der Waals surface area contributed by atoms with Crippen LogP contribution in [-0.2, 0) is 22.5 Å². The summed E-state index contributed by atoms with van der Waals surface area (Å²) in [6, 6.07) is 15.5. The molecule has 2 aromatic carbocycles. The van der Waals surface area contributed by atoms with Crippen LogP contribution in [0.3, 0.4) is 0 Å². The van der Waals surface area contributed by atoms with Crippen LogP contribution in [0, 0.1) is 0 Å². The van der Waals surface area contributed by atoms with Gasteiger partial charge in [0.25, 0.3) is 0 Å². The molecule has 0 radical (unpaired) electrons. The molecule has 5 nitrogen and oxygen atoms in total. The summed E-state index contributed by atoms with van der Waals surface area (Å²) in [7, 11) is 1.33. The number of rotatable bonds is 3. The summed E-state index contributed by atoms with van der Waals surface area (Å²) < 4.78 is 4.60. The predicted octanol–water partition coefficient (Wildman–Crippen LogP) is 3.34. The molecular weight excluding hydrogens is 292 g/mol. The van der Waals surface area contributed by atoms with Gasteiger partial charge < -0.3 is 9.64 Å². The van der Waals surface area contributed by atoms with Gasteiger partial charge >= 0.3 is 6.09 Å². The Labute approximate surface area is 134 Å². The van der Waals surface area contributed by atoms with E-state index in [9.17, 15) is 9.59 Å². The number of anilines is 2. The van der Waals surface area contributed by atoms with E-state index in [-0.39, 0.29) is 5.91 Å². The summed E-state index contributed by atoms with van der Waals surface area (Å²) >= 11 is 0. The summed E-state index contributed by atoms with van der Waals surface area (Å²) in [5.74, 6) is 0.120. The van der Waals surface area contributed by atoms with Gasteiger partial charge in [0.05, 0.1) is 13.7 Å². The number of aryl methyl sites for hydroxylation is 1. The van der Waals surface area contributed by atoms with Crippen molar-refractivity contribution in [3.8, 4) is 0 Å². The lowest BCUT2D eigenvalue weighted by Crippen LogP contribution is -2.34. The topological polar surface area (TPSA) is 58.6 Å². The molecule has 0 spiro atoms. The molecule has 0 aliphatic carbocycles. The molecule has 1 aliphatic heterocycles. The Morgan fingerprint density at radius 1 is 1.17 bits per heavy atom. The summed E-state index contributed by atoms with van der Waals surface area (Å²) in [6.07, 6.45) is 0.649. The van der Waals surface area contributed by atoms with Crippen LogP contribution in [-0.4, -0.2) is 19.1 Å². The number of carbonyl (C=O) groups excluding carboxylic acids is 2. The van der Waals surface area contributed by atoms with E-state index in [1.54, 1.807) is 11.0 Å². The number of hydrogen-bond donors (Lipinski definition) is 1. The van der Waals surface area contributed by atoms with E-state index in [4.69, 9.17) is 0 Å². The number of ether oxygens (including phenoxy) is 1. The number of methoxy groups -OCH3 is 1. The molecule has 1 heterocycles. The van der Waals surface area contributed by atoms with Gasteiger partial charge in [0, 0.05) is 17.8 Å². The third-order valence-corrected chi connectivity index (χ3v) is 3.89. The lowest BCUT2D eigenvalue weighted by atomic mass is 9.99. The van der Waals surface area contributed by atoms with Crippen LogP contribution in [0.1, 0.15) is 17.5 Å². The summed E-state index contributed by atoms with van der Waals surface area (Å²) in [6.45, 7) is 0.552. The first kappa shape index (κ1) is 15.1. The van der Waals surface area contributed by atoms with Crippen LogP contribution in [0.2, 0.25) is 0 Å². The first-order chi connectivity index (χ1) is 11.2. The number of benzene rings is 2. The molecule has 2 amide bonds. The van der Waals surface area contributed by atoms with E-state index in [1.807, 2.05) is 42.5 Å². The monoisotopic (exact) mass is 310 g/mol. The lowest BCUT2D eigenvalue weighted by Gasteiger charge is -2.30. The van der Waals surface area contributed by atoms with Crippen molar-refractivity contribution < 1.29 is 14.3 Å². The quantitative estimate of drug-likeness (QED) is 0.946. The molecule has 0 atom stereocenters. The van der Waals surface area contributed by atoms with Crippen LogP contribution in [0.5, 0.6) is 0 Å².